The first kappa shape index (κ1) is 36.4. The predicted molar refractivity (Wildman–Crippen MR) is 198 cm³/mol. The van der Waals surface area contributed by atoms with Crippen LogP contribution in [-0.2, 0) is 22.4 Å². The van der Waals surface area contributed by atoms with Gasteiger partial charge in [-0.1, -0.05) is 18.2 Å². The molecular weight excluding hydrogens is 772 g/mol. The van der Waals surface area contributed by atoms with Crippen molar-refractivity contribution < 1.29 is 24.3 Å². The molecular formula is C35H46Br2N8O5. The van der Waals surface area contributed by atoms with Crippen molar-refractivity contribution in [1.82, 2.24) is 29.8 Å². The molecule has 50 heavy (non-hydrogen) atoms. The molecule has 4 aliphatic rings. The molecule has 4 heterocycles. The van der Waals surface area contributed by atoms with E-state index in [0.717, 1.165) is 62.3 Å². The number of aliphatic carboxylic acids is 1. The average Bonchev–Trinajstić information content (AvgIpc) is 3.28. The van der Waals surface area contributed by atoms with Gasteiger partial charge in [-0.3, -0.25) is 19.4 Å². The molecule has 0 bridgehead atoms. The van der Waals surface area contributed by atoms with Gasteiger partial charge in [-0.15, -0.1) is 0 Å². The van der Waals surface area contributed by atoms with E-state index in [2.05, 4.69) is 47.4 Å². The Balaban J connectivity index is 1.06. The molecule has 270 valence electrons. The Morgan fingerprint density at radius 1 is 0.880 bits per heavy atom. The van der Waals surface area contributed by atoms with E-state index in [9.17, 15) is 19.2 Å². The number of halogens is 2. The molecule has 5 amide bonds. The van der Waals surface area contributed by atoms with Gasteiger partial charge in [-0.05, 0) is 93.3 Å². The summed E-state index contributed by atoms with van der Waals surface area (Å²) in [6.45, 7) is 5.93. The van der Waals surface area contributed by atoms with Crippen LogP contribution in [0.5, 0.6) is 0 Å². The molecule has 15 heteroatoms. The van der Waals surface area contributed by atoms with E-state index in [1.807, 2.05) is 51.1 Å². The minimum absolute atomic E-state index is 0.0247. The highest BCUT2D eigenvalue weighted by Gasteiger charge is 2.35. The van der Waals surface area contributed by atoms with Crippen molar-refractivity contribution in [2.24, 2.45) is 0 Å². The second-order valence-corrected chi connectivity index (χ2v) is 15.4. The SMILES string of the molecule is Nc1c(Br)cc(C[C@H](NC(=O)N2CCC(N3CCc4ccccc4NC3=O)CC2)C(=O)N2CCC(N3CCN(CC(=O)O)CC3)CC2)cc1Br. The normalized spacial score (nSPS) is 20.5. The molecule has 2 aromatic rings. The fourth-order valence-corrected chi connectivity index (χ4v) is 8.98. The Morgan fingerprint density at radius 2 is 1.50 bits per heavy atom. The first-order valence-electron chi connectivity index (χ1n) is 17.5. The zero-order valence-corrected chi connectivity index (χ0v) is 31.3. The summed E-state index contributed by atoms with van der Waals surface area (Å²) in [5.41, 5.74) is 9.54. The molecule has 2 aromatic carbocycles. The number of carboxylic acids is 1. The maximum absolute atomic E-state index is 14.1. The molecule has 0 radical (unpaired) electrons. The minimum Gasteiger partial charge on any atom is -0.480 e. The fraction of sp³-hybridized carbons (Fsp3) is 0.543. The van der Waals surface area contributed by atoms with Crippen LogP contribution in [0.25, 0.3) is 0 Å². The first-order valence-corrected chi connectivity index (χ1v) is 19.1. The van der Waals surface area contributed by atoms with Gasteiger partial charge in [-0.25, -0.2) is 9.59 Å². The number of urea groups is 2. The average molecular weight is 819 g/mol. The lowest BCUT2D eigenvalue weighted by molar-refractivity contribution is -0.138. The Morgan fingerprint density at radius 3 is 2.16 bits per heavy atom. The van der Waals surface area contributed by atoms with E-state index in [-0.39, 0.29) is 30.6 Å². The quantitative estimate of drug-likeness (QED) is 0.295. The van der Waals surface area contributed by atoms with Gasteiger partial charge in [0, 0.05) is 92.0 Å². The van der Waals surface area contributed by atoms with Crippen LogP contribution in [0.2, 0.25) is 0 Å². The van der Waals surface area contributed by atoms with E-state index in [0.29, 0.717) is 72.7 Å². The number of nitrogens with zero attached hydrogens (tertiary/aromatic N) is 5. The molecule has 3 fully saturated rings. The molecule has 6 rings (SSSR count). The predicted octanol–water partition coefficient (Wildman–Crippen LogP) is 3.66. The van der Waals surface area contributed by atoms with Crippen molar-refractivity contribution in [3.05, 3.63) is 56.5 Å². The number of amides is 5. The second kappa shape index (κ2) is 16.3. The molecule has 5 N–H and O–H groups in total. The first-order chi connectivity index (χ1) is 24.0. The number of nitrogens with two attached hydrogens (primary N) is 1. The summed E-state index contributed by atoms with van der Waals surface area (Å²) in [7, 11) is 0. The highest BCUT2D eigenvalue weighted by atomic mass is 79.9. The maximum atomic E-state index is 14.1. The number of likely N-dealkylation sites (tertiary alicyclic amines) is 2. The second-order valence-electron chi connectivity index (χ2n) is 13.7. The van der Waals surface area contributed by atoms with E-state index >= 15 is 0 Å². The van der Waals surface area contributed by atoms with Crippen LogP contribution in [0, 0.1) is 0 Å². The number of hydrogen-bond acceptors (Lipinski definition) is 7. The number of hydrogen-bond donors (Lipinski definition) is 4. The number of para-hydroxylation sites is 1. The lowest BCUT2D eigenvalue weighted by atomic mass is 9.99. The lowest BCUT2D eigenvalue weighted by Crippen LogP contribution is -2.58. The number of fused-ring (bicyclic) bond motifs is 1. The number of carbonyl (C=O) groups is 4. The maximum Gasteiger partial charge on any atom is 0.322 e. The third-order valence-electron chi connectivity index (χ3n) is 10.6. The van der Waals surface area contributed by atoms with Gasteiger partial charge < -0.3 is 36.2 Å². The Hall–Kier alpha value is -3.40. The molecule has 0 aromatic heterocycles. The van der Waals surface area contributed by atoms with Crippen LogP contribution in [-0.4, -0.2) is 137 Å². The van der Waals surface area contributed by atoms with Crippen LogP contribution in [0.4, 0.5) is 21.0 Å². The van der Waals surface area contributed by atoms with Gasteiger partial charge in [-0.2, -0.15) is 0 Å². The smallest absolute Gasteiger partial charge is 0.322 e. The topological polar surface area (TPSA) is 155 Å². The zero-order chi connectivity index (χ0) is 35.4. The number of anilines is 2. The van der Waals surface area contributed by atoms with Crippen molar-refractivity contribution in [3.8, 4) is 0 Å². The number of carbonyl (C=O) groups excluding carboxylic acids is 3. The number of piperazine rings is 1. The lowest BCUT2D eigenvalue weighted by Gasteiger charge is -2.43. The Labute approximate surface area is 309 Å². The monoisotopic (exact) mass is 816 g/mol. The molecule has 0 spiro atoms. The zero-order valence-electron chi connectivity index (χ0n) is 28.2. The van der Waals surface area contributed by atoms with Gasteiger partial charge in [0.1, 0.15) is 6.04 Å². The summed E-state index contributed by atoms with van der Waals surface area (Å²) in [5.74, 6) is -0.911. The number of carboxylic acid groups (broad SMARTS) is 1. The van der Waals surface area contributed by atoms with Crippen molar-refractivity contribution >= 4 is 67.2 Å². The molecule has 0 unspecified atom stereocenters. The van der Waals surface area contributed by atoms with E-state index in [4.69, 9.17) is 10.8 Å². The molecule has 0 aliphatic carbocycles. The number of nitrogens with one attached hydrogen (secondary N) is 2. The molecule has 13 nitrogen and oxygen atoms in total. The molecule has 0 saturated carbocycles. The van der Waals surface area contributed by atoms with E-state index in [1.165, 1.54) is 0 Å². The van der Waals surface area contributed by atoms with E-state index in [1.54, 1.807) is 4.90 Å². The summed E-state index contributed by atoms with van der Waals surface area (Å²) in [6, 6.07) is 10.9. The summed E-state index contributed by atoms with van der Waals surface area (Å²) < 4.78 is 1.43. The van der Waals surface area contributed by atoms with Crippen molar-refractivity contribution in [2.45, 2.75) is 56.7 Å². The summed E-state index contributed by atoms with van der Waals surface area (Å²) in [4.78, 5) is 62.0. The third-order valence-corrected chi connectivity index (χ3v) is 11.9. The highest BCUT2D eigenvalue weighted by molar-refractivity contribution is 9.11. The number of piperidine rings is 2. The van der Waals surface area contributed by atoms with Gasteiger partial charge in [0.15, 0.2) is 0 Å². The Bertz CT molecular complexity index is 1550. The molecule has 1 atom stereocenters. The molecule has 4 aliphatic heterocycles. The van der Waals surface area contributed by atoms with Gasteiger partial charge in [0.25, 0.3) is 0 Å². The Kier molecular flexibility index (Phi) is 11.9. The number of rotatable bonds is 8. The third kappa shape index (κ3) is 8.72. The summed E-state index contributed by atoms with van der Waals surface area (Å²) in [5, 5.41) is 15.3. The van der Waals surface area contributed by atoms with Gasteiger partial charge in [0.2, 0.25) is 5.91 Å². The summed E-state index contributed by atoms with van der Waals surface area (Å²) >= 11 is 7.03. The van der Waals surface area contributed by atoms with Crippen LogP contribution in [0.3, 0.4) is 0 Å². The van der Waals surface area contributed by atoms with Gasteiger partial charge >= 0.3 is 18.0 Å². The van der Waals surface area contributed by atoms with Crippen LogP contribution < -0.4 is 16.4 Å². The number of benzene rings is 2. The van der Waals surface area contributed by atoms with Crippen LogP contribution in [0.1, 0.15) is 36.8 Å². The number of nitrogen functional groups attached to an aromatic ring is 1. The fourth-order valence-electron chi connectivity index (χ4n) is 7.70. The summed E-state index contributed by atoms with van der Waals surface area (Å²) in [6.07, 6.45) is 4.05. The largest absolute Gasteiger partial charge is 0.480 e. The van der Waals surface area contributed by atoms with Crippen LogP contribution in [0.15, 0.2) is 45.3 Å². The van der Waals surface area contributed by atoms with Crippen molar-refractivity contribution in [1.29, 1.82) is 0 Å². The van der Waals surface area contributed by atoms with Crippen molar-refractivity contribution in [3.63, 3.8) is 0 Å². The van der Waals surface area contributed by atoms with E-state index < -0.39 is 12.0 Å². The van der Waals surface area contributed by atoms with Crippen molar-refractivity contribution in [2.75, 3.05) is 76.5 Å². The standard InChI is InChI=1S/C35H46Br2N8O5/c36-27-19-23(20-28(37)32(27)38)21-30(33(48)43-10-6-25(7-11-43)42-17-15-41(16-18-42)22-31(46)47)40-34(49)44-12-8-26(9-13-44)45-14-5-24-3-1-2-4-29(24)39-35(45)50/h1-4,19-20,25-26,30H,5-18,21-22,38H2,(H,39,50)(H,40,49)(H,46,47)/t30-/m0/s1. The highest BCUT2D eigenvalue weighted by Crippen LogP contribution is 2.31. The minimum atomic E-state index is -0.802. The van der Waals surface area contributed by atoms with Crippen LogP contribution >= 0.6 is 31.9 Å². The van der Waals surface area contributed by atoms with Gasteiger partial charge in [0.05, 0.1) is 12.2 Å². The molecule has 3 saturated heterocycles.